The van der Waals surface area contributed by atoms with E-state index in [9.17, 15) is 4.79 Å². The Hall–Kier alpha value is -3.47. The van der Waals surface area contributed by atoms with Crippen molar-refractivity contribution in [2.24, 2.45) is 23.7 Å². The summed E-state index contributed by atoms with van der Waals surface area (Å²) in [6, 6.07) is 10.5. The van der Waals surface area contributed by atoms with E-state index in [1.54, 1.807) is 12.4 Å². The molecule has 2 unspecified atom stereocenters. The molecule has 7 heteroatoms. The highest BCUT2D eigenvalue weighted by Crippen LogP contribution is 2.38. The number of aromatic nitrogens is 2. The Balaban J connectivity index is 1.18. The Morgan fingerprint density at radius 1 is 1.00 bits per heavy atom. The van der Waals surface area contributed by atoms with Crippen LogP contribution >= 0.6 is 0 Å². The standard InChI is InChI=1S/C31H36N6O/c1-20-10-26(20)31(38)35-29-12-27-25(13-34-30(32-2)28(27)14-33-29)9-8-21-4-6-22(7-5-21)17-37-18-23-11-24(19-37)16-36(3)15-23/h4-7,12-14,20,23-24,26H,10-11,15-19H2,1-3H3,(H,32,34)(H,33,35,38)/t20-,23?,24?,26+/m1/s1. The highest BCUT2D eigenvalue weighted by molar-refractivity contribution is 5.99. The molecule has 3 fully saturated rings. The monoisotopic (exact) mass is 508 g/mol. The summed E-state index contributed by atoms with van der Waals surface area (Å²) in [5.74, 6) is 10.1. The van der Waals surface area contributed by atoms with Gasteiger partial charge in [-0.25, -0.2) is 9.97 Å². The van der Waals surface area contributed by atoms with Crippen molar-refractivity contribution in [3.63, 3.8) is 0 Å². The summed E-state index contributed by atoms with van der Waals surface area (Å²) in [6.07, 6.45) is 5.87. The van der Waals surface area contributed by atoms with Gasteiger partial charge in [0.25, 0.3) is 0 Å². The zero-order chi connectivity index (χ0) is 26.2. The van der Waals surface area contributed by atoms with E-state index in [0.29, 0.717) is 11.7 Å². The van der Waals surface area contributed by atoms with Crippen LogP contribution in [0, 0.1) is 35.5 Å². The van der Waals surface area contributed by atoms with Crippen LogP contribution in [-0.2, 0) is 11.3 Å². The molecule has 196 valence electrons. The van der Waals surface area contributed by atoms with Crippen LogP contribution in [0.4, 0.5) is 11.6 Å². The minimum atomic E-state index is 0.0417. The van der Waals surface area contributed by atoms with Gasteiger partial charge in [-0.2, -0.15) is 0 Å². The number of fused-ring (bicyclic) bond motifs is 3. The maximum absolute atomic E-state index is 12.4. The summed E-state index contributed by atoms with van der Waals surface area (Å²) in [5, 5.41) is 7.90. The molecule has 6 rings (SSSR count). The molecule has 4 heterocycles. The van der Waals surface area contributed by atoms with Gasteiger partial charge in [-0.05, 0) is 61.4 Å². The molecule has 1 saturated carbocycles. The maximum Gasteiger partial charge on any atom is 0.228 e. The lowest BCUT2D eigenvalue weighted by molar-refractivity contribution is -0.117. The fraction of sp³-hybridized carbons (Fsp3) is 0.452. The normalized spacial score (nSPS) is 24.9. The number of amides is 1. The van der Waals surface area contributed by atoms with Crippen molar-refractivity contribution in [1.82, 2.24) is 19.8 Å². The minimum absolute atomic E-state index is 0.0417. The predicted molar refractivity (Wildman–Crippen MR) is 152 cm³/mol. The van der Waals surface area contributed by atoms with Gasteiger partial charge in [-0.15, -0.1) is 0 Å². The quantitative estimate of drug-likeness (QED) is 0.507. The average molecular weight is 509 g/mol. The molecule has 38 heavy (non-hydrogen) atoms. The van der Waals surface area contributed by atoms with Crippen molar-refractivity contribution in [1.29, 1.82) is 0 Å². The number of likely N-dealkylation sites (tertiary alicyclic amines) is 2. The molecule has 2 aliphatic heterocycles. The number of carbonyl (C=O) groups excluding carboxylic acids is 1. The molecular weight excluding hydrogens is 472 g/mol. The number of anilines is 2. The highest BCUT2D eigenvalue weighted by Gasteiger charge is 2.39. The number of nitrogens with one attached hydrogen (secondary N) is 2. The number of hydrogen-bond acceptors (Lipinski definition) is 6. The molecule has 1 aliphatic carbocycles. The zero-order valence-electron chi connectivity index (χ0n) is 22.5. The first kappa shape index (κ1) is 24.8. The van der Waals surface area contributed by atoms with Gasteiger partial charge in [0, 0.05) is 74.4 Å². The fourth-order valence-electron chi connectivity index (χ4n) is 6.27. The molecule has 0 spiro atoms. The molecule has 2 bridgehead atoms. The summed E-state index contributed by atoms with van der Waals surface area (Å²) >= 11 is 0. The Bertz CT molecular complexity index is 1390. The molecule has 2 saturated heterocycles. The molecule has 2 N–H and O–H groups in total. The highest BCUT2D eigenvalue weighted by atomic mass is 16.2. The third kappa shape index (κ3) is 5.38. The van der Waals surface area contributed by atoms with Crippen molar-refractivity contribution < 1.29 is 4.79 Å². The lowest BCUT2D eigenvalue weighted by Gasteiger charge is -2.44. The van der Waals surface area contributed by atoms with E-state index < -0.39 is 0 Å². The van der Waals surface area contributed by atoms with Gasteiger partial charge in [-0.3, -0.25) is 9.69 Å². The van der Waals surface area contributed by atoms with Gasteiger partial charge >= 0.3 is 0 Å². The second-order valence-corrected chi connectivity index (χ2v) is 11.5. The van der Waals surface area contributed by atoms with Crippen molar-refractivity contribution >= 4 is 28.3 Å². The molecule has 1 amide bonds. The van der Waals surface area contributed by atoms with E-state index in [-0.39, 0.29) is 11.8 Å². The van der Waals surface area contributed by atoms with Gasteiger partial charge in [-0.1, -0.05) is 30.9 Å². The average Bonchev–Trinajstić information content (AvgIpc) is 3.64. The van der Waals surface area contributed by atoms with Crippen molar-refractivity contribution in [2.75, 3.05) is 50.9 Å². The zero-order valence-corrected chi connectivity index (χ0v) is 22.5. The van der Waals surface area contributed by atoms with Crippen molar-refractivity contribution in [3.05, 3.63) is 59.4 Å². The smallest absolute Gasteiger partial charge is 0.228 e. The summed E-state index contributed by atoms with van der Waals surface area (Å²) < 4.78 is 0. The first-order valence-electron chi connectivity index (χ1n) is 13.7. The molecule has 3 aromatic rings. The van der Waals surface area contributed by atoms with Crippen LogP contribution < -0.4 is 10.6 Å². The molecule has 3 aliphatic rings. The Labute approximate surface area is 225 Å². The number of hydrogen-bond donors (Lipinski definition) is 2. The summed E-state index contributed by atoms with van der Waals surface area (Å²) in [6.45, 7) is 7.95. The summed E-state index contributed by atoms with van der Waals surface area (Å²) in [4.78, 5) is 26.6. The van der Waals surface area contributed by atoms with Crippen LogP contribution in [0.3, 0.4) is 0 Å². The van der Waals surface area contributed by atoms with Crippen LogP contribution in [0.1, 0.15) is 36.5 Å². The SMILES string of the molecule is CNc1ncc(C#Cc2ccc(CN3CC4CC(CN(C)C4)C3)cc2)c2cc(NC(=O)[C@H]3C[C@H]3C)ncc12. The number of rotatable bonds is 5. The van der Waals surface area contributed by atoms with Gasteiger partial charge in [0.2, 0.25) is 5.91 Å². The molecule has 7 nitrogen and oxygen atoms in total. The summed E-state index contributed by atoms with van der Waals surface area (Å²) in [7, 11) is 4.10. The van der Waals surface area contributed by atoms with Crippen LogP contribution in [-0.4, -0.2) is 65.9 Å². The van der Waals surface area contributed by atoms with E-state index in [1.165, 1.54) is 38.2 Å². The molecule has 0 radical (unpaired) electrons. The molecular formula is C31H36N6O. The van der Waals surface area contributed by atoms with Gasteiger partial charge in [0.05, 0.1) is 5.56 Å². The Morgan fingerprint density at radius 3 is 2.42 bits per heavy atom. The van der Waals surface area contributed by atoms with Crippen molar-refractivity contribution in [2.45, 2.75) is 26.3 Å². The van der Waals surface area contributed by atoms with Gasteiger partial charge in [0.1, 0.15) is 11.6 Å². The Kier molecular flexibility index (Phi) is 6.77. The van der Waals surface area contributed by atoms with E-state index in [0.717, 1.165) is 52.5 Å². The first-order chi connectivity index (χ1) is 18.4. The first-order valence-corrected chi connectivity index (χ1v) is 13.7. The third-order valence-corrected chi connectivity index (χ3v) is 8.25. The third-order valence-electron chi connectivity index (χ3n) is 8.25. The lowest BCUT2D eigenvalue weighted by Crippen LogP contribution is -2.51. The van der Waals surface area contributed by atoms with E-state index >= 15 is 0 Å². The predicted octanol–water partition coefficient (Wildman–Crippen LogP) is 4.05. The topological polar surface area (TPSA) is 73.4 Å². The van der Waals surface area contributed by atoms with Crippen LogP contribution in [0.5, 0.6) is 0 Å². The minimum Gasteiger partial charge on any atom is -0.373 e. The maximum atomic E-state index is 12.4. The van der Waals surface area contributed by atoms with Crippen LogP contribution in [0.25, 0.3) is 10.8 Å². The van der Waals surface area contributed by atoms with E-state index in [2.05, 4.69) is 80.5 Å². The number of nitrogens with zero attached hydrogens (tertiary/aromatic N) is 4. The largest absolute Gasteiger partial charge is 0.373 e. The van der Waals surface area contributed by atoms with Crippen molar-refractivity contribution in [3.8, 4) is 11.8 Å². The number of pyridine rings is 2. The second-order valence-electron chi connectivity index (χ2n) is 11.5. The van der Waals surface area contributed by atoms with E-state index in [4.69, 9.17) is 0 Å². The van der Waals surface area contributed by atoms with Gasteiger partial charge in [0.15, 0.2) is 0 Å². The molecule has 4 atom stereocenters. The molecule has 1 aromatic carbocycles. The second kappa shape index (κ2) is 10.4. The summed E-state index contributed by atoms with van der Waals surface area (Å²) in [5.41, 5.74) is 3.12. The Morgan fingerprint density at radius 2 is 1.74 bits per heavy atom. The molecule has 2 aromatic heterocycles. The number of carbonyl (C=O) groups is 1. The fourth-order valence-corrected chi connectivity index (χ4v) is 6.27. The van der Waals surface area contributed by atoms with E-state index in [1.807, 2.05) is 13.1 Å². The number of benzene rings is 1. The lowest BCUT2D eigenvalue weighted by atomic mass is 9.85. The number of piperidine rings is 2. The van der Waals surface area contributed by atoms with Crippen LogP contribution in [0.2, 0.25) is 0 Å². The van der Waals surface area contributed by atoms with Gasteiger partial charge < -0.3 is 15.5 Å². The van der Waals surface area contributed by atoms with Crippen LogP contribution in [0.15, 0.2) is 42.7 Å².